The number of ketones is 1. The monoisotopic (exact) mass is 301 g/mol. The number of carboxylic acid groups (broad SMARTS) is 1. The number of hydrogen-bond donors (Lipinski definition) is 1. The molecule has 0 spiro atoms. The predicted octanol–water partition coefficient (Wildman–Crippen LogP) is 1.91. The minimum Gasteiger partial charge on any atom is -0.497 e. The van der Waals surface area contributed by atoms with Crippen molar-refractivity contribution >= 4 is 23.4 Å². The van der Waals surface area contributed by atoms with Crippen molar-refractivity contribution in [3.63, 3.8) is 0 Å². The smallest absolute Gasteiger partial charge is 0.315 e. The SMILES string of the molecule is COc1ccc2c(c1)C(CCN1CCC(=O)C(C(=O)O)C1)=C2. The molecule has 22 heavy (non-hydrogen) atoms. The molecule has 0 aromatic heterocycles. The number of methoxy groups -OCH3 is 1. The average molecular weight is 301 g/mol. The van der Waals surface area contributed by atoms with Gasteiger partial charge in [0, 0.05) is 26.1 Å². The van der Waals surface area contributed by atoms with Gasteiger partial charge in [0.2, 0.25) is 0 Å². The fourth-order valence-electron chi connectivity index (χ4n) is 3.05. The van der Waals surface area contributed by atoms with E-state index in [1.807, 2.05) is 18.2 Å². The van der Waals surface area contributed by atoms with E-state index in [1.54, 1.807) is 7.11 Å². The van der Waals surface area contributed by atoms with E-state index in [9.17, 15) is 9.59 Å². The highest BCUT2D eigenvalue weighted by molar-refractivity contribution is 5.99. The fraction of sp³-hybridized carbons (Fsp3) is 0.412. The predicted molar refractivity (Wildman–Crippen MR) is 82.7 cm³/mol. The number of likely N-dealkylation sites (tertiary alicyclic amines) is 1. The number of hydrogen-bond acceptors (Lipinski definition) is 4. The third kappa shape index (κ3) is 2.76. The van der Waals surface area contributed by atoms with Crippen LogP contribution in [0.3, 0.4) is 0 Å². The van der Waals surface area contributed by atoms with Gasteiger partial charge in [-0.1, -0.05) is 12.1 Å². The highest BCUT2D eigenvalue weighted by atomic mass is 16.5. The minimum absolute atomic E-state index is 0.151. The fourth-order valence-corrected chi connectivity index (χ4v) is 3.05. The second-order valence-electron chi connectivity index (χ2n) is 5.78. The number of piperidine rings is 1. The Morgan fingerprint density at radius 2 is 2.27 bits per heavy atom. The van der Waals surface area contributed by atoms with Gasteiger partial charge in [-0.3, -0.25) is 9.59 Å². The van der Waals surface area contributed by atoms with Crippen molar-refractivity contribution in [2.24, 2.45) is 5.92 Å². The summed E-state index contributed by atoms with van der Waals surface area (Å²) in [6.45, 7) is 1.76. The van der Waals surface area contributed by atoms with Gasteiger partial charge in [0.05, 0.1) is 7.11 Å². The molecule has 1 heterocycles. The van der Waals surface area contributed by atoms with Crippen LogP contribution in [0.15, 0.2) is 18.2 Å². The van der Waals surface area contributed by atoms with Crippen LogP contribution in [-0.2, 0) is 9.59 Å². The van der Waals surface area contributed by atoms with Gasteiger partial charge in [0.1, 0.15) is 17.5 Å². The van der Waals surface area contributed by atoms with Crippen molar-refractivity contribution < 1.29 is 19.4 Å². The summed E-state index contributed by atoms with van der Waals surface area (Å²) in [7, 11) is 1.65. The second-order valence-corrected chi connectivity index (χ2v) is 5.78. The maximum absolute atomic E-state index is 11.6. The van der Waals surface area contributed by atoms with Gasteiger partial charge >= 0.3 is 5.97 Å². The van der Waals surface area contributed by atoms with Crippen LogP contribution in [-0.4, -0.2) is 48.5 Å². The average Bonchev–Trinajstić information content (AvgIpc) is 2.49. The Morgan fingerprint density at radius 3 is 3.00 bits per heavy atom. The Hall–Kier alpha value is -2.14. The third-order valence-electron chi connectivity index (χ3n) is 4.44. The zero-order chi connectivity index (χ0) is 15.7. The van der Waals surface area contributed by atoms with E-state index in [4.69, 9.17) is 9.84 Å². The number of aliphatic carboxylic acids is 1. The molecule has 1 aliphatic carbocycles. The molecule has 1 aromatic carbocycles. The summed E-state index contributed by atoms with van der Waals surface area (Å²) < 4.78 is 5.24. The number of fused-ring (bicyclic) bond motifs is 1. The van der Waals surface area contributed by atoms with Crippen LogP contribution in [0.1, 0.15) is 24.0 Å². The molecular weight excluding hydrogens is 282 g/mol. The van der Waals surface area contributed by atoms with Crippen molar-refractivity contribution in [3.8, 4) is 5.75 Å². The lowest BCUT2D eigenvalue weighted by Gasteiger charge is -2.31. The summed E-state index contributed by atoms with van der Waals surface area (Å²) in [6, 6.07) is 6.02. The van der Waals surface area contributed by atoms with E-state index in [2.05, 4.69) is 11.0 Å². The summed E-state index contributed by atoms with van der Waals surface area (Å²) in [5.41, 5.74) is 3.69. The van der Waals surface area contributed by atoms with Crippen LogP contribution in [0, 0.1) is 5.92 Å². The molecule has 0 saturated carbocycles. The summed E-state index contributed by atoms with van der Waals surface area (Å²) in [6.07, 6.45) is 3.35. The Kier molecular flexibility index (Phi) is 3.98. The van der Waals surface area contributed by atoms with Crippen LogP contribution in [0.5, 0.6) is 5.75 Å². The minimum atomic E-state index is -1.01. The van der Waals surface area contributed by atoms with Gasteiger partial charge in [-0.2, -0.15) is 0 Å². The quantitative estimate of drug-likeness (QED) is 0.842. The molecule has 0 amide bonds. The van der Waals surface area contributed by atoms with Crippen LogP contribution in [0.4, 0.5) is 0 Å². The van der Waals surface area contributed by atoms with E-state index < -0.39 is 11.9 Å². The normalized spacial score (nSPS) is 20.9. The maximum Gasteiger partial charge on any atom is 0.315 e. The van der Waals surface area contributed by atoms with Gasteiger partial charge in [0.25, 0.3) is 0 Å². The Balaban J connectivity index is 1.57. The van der Waals surface area contributed by atoms with E-state index in [-0.39, 0.29) is 5.78 Å². The molecule has 1 aliphatic heterocycles. The number of carboxylic acids is 1. The van der Waals surface area contributed by atoms with Gasteiger partial charge in [-0.05, 0) is 35.3 Å². The molecular formula is C17H19NO4. The van der Waals surface area contributed by atoms with Gasteiger partial charge < -0.3 is 14.7 Å². The van der Waals surface area contributed by atoms with E-state index in [0.717, 1.165) is 18.7 Å². The van der Waals surface area contributed by atoms with E-state index >= 15 is 0 Å². The second kappa shape index (κ2) is 5.93. The third-order valence-corrected chi connectivity index (χ3v) is 4.44. The molecule has 116 valence electrons. The van der Waals surface area contributed by atoms with E-state index in [0.29, 0.717) is 19.5 Å². The largest absolute Gasteiger partial charge is 0.497 e. The van der Waals surface area contributed by atoms with E-state index in [1.165, 1.54) is 16.7 Å². The molecule has 0 bridgehead atoms. The molecule has 1 N–H and O–H groups in total. The van der Waals surface area contributed by atoms with Gasteiger partial charge in [-0.15, -0.1) is 0 Å². The molecule has 1 aromatic rings. The number of nitrogens with zero attached hydrogens (tertiary/aromatic N) is 1. The zero-order valence-corrected chi connectivity index (χ0v) is 12.5. The number of ether oxygens (including phenoxy) is 1. The molecule has 0 radical (unpaired) electrons. The number of benzene rings is 1. The highest BCUT2D eigenvalue weighted by Gasteiger charge is 2.32. The molecule has 3 rings (SSSR count). The lowest BCUT2D eigenvalue weighted by molar-refractivity contribution is -0.148. The summed E-state index contributed by atoms with van der Waals surface area (Å²) in [5, 5.41) is 9.08. The van der Waals surface area contributed by atoms with Crippen LogP contribution in [0.25, 0.3) is 11.6 Å². The van der Waals surface area contributed by atoms with Crippen molar-refractivity contribution in [1.29, 1.82) is 0 Å². The first-order chi connectivity index (χ1) is 10.6. The lowest BCUT2D eigenvalue weighted by Crippen LogP contribution is -2.44. The number of rotatable bonds is 5. The first-order valence-electron chi connectivity index (χ1n) is 7.45. The summed E-state index contributed by atoms with van der Waals surface area (Å²) >= 11 is 0. The number of carbonyl (C=O) groups excluding carboxylic acids is 1. The Morgan fingerprint density at radius 1 is 1.45 bits per heavy atom. The molecule has 1 atom stereocenters. The van der Waals surface area contributed by atoms with Crippen LogP contribution < -0.4 is 4.74 Å². The van der Waals surface area contributed by atoms with Crippen molar-refractivity contribution in [2.45, 2.75) is 12.8 Å². The lowest BCUT2D eigenvalue weighted by atomic mass is 9.86. The standard InChI is InChI=1S/C17H19NO4/c1-22-13-3-2-11-8-12(14(11)9-13)4-6-18-7-5-16(19)15(10-18)17(20)21/h2-3,8-9,15H,4-7,10H2,1H3,(H,20,21). The molecule has 2 aliphatic rings. The molecule has 1 unspecified atom stereocenters. The van der Waals surface area contributed by atoms with Crippen molar-refractivity contribution in [1.82, 2.24) is 4.90 Å². The first-order valence-corrected chi connectivity index (χ1v) is 7.45. The topological polar surface area (TPSA) is 66.8 Å². The maximum atomic E-state index is 11.6. The molecule has 1 saturated heterocycles. The highest BCUT2D eigenvalue weighted by Crippen LogP contribution is 2.37. The van der Waals surface area contributed by atoms with Gasteiger partial charge in [-0.25, -0.2) is 0 Å². The van der Waals surface area contributed by atoms with Crippen LogP contribution in [0.2, 0.25) is 0 Å². The number of Topliss-reactive ketones (excluding diaryl/α,β-unsaturated/α-hetero) is 1. The molecule has 1 fully saturated rings. The van der Waals surface area contributed by atoms with Crippen LogP contribution >= 0.6 is 0 Å². The van der Waals surface area contributed by atoms with Crippen molar-refractivity contribution in [3.05, 3.63) is 29.3 Å². The summed E-state index contributed by atoms with van der Waals surface area (Å²) in [5.74, 6) is -1.18. The molecule has 5 nitrogen and oxygen atoms in total. The van der Waals surface area contributed by atoms with Crippen molar-refractivity contribution in [2.75, 3.05) is 26.7 Å². The Labute approximate surface area is 129 Å². The van der Waals surface area contributed by atoms with Gasteiger partial charge in [0.15, 0.2) is 0 Å². The first kappa shape index (κ1) is 14.8. The Bertz CT molecular complexity index is 650. The zero-order valence-electron chi connectivity index (χ0n) is 12.5. The number of carbonyl (C=O) groups is 2. The molecule has 5 heteroatoms. The summed E-state index contributed by atoms with van der Waals surface area (Å²) in [4.78, 5) is 24.7.